The van der Waals surface area contributed by atoms with Gasteiger partial charge in [0.1, 0.15) is 5.75 Å². The predicted octanol–water partition coefficient (Wildman–Crippen LogP) is 1.82. The molecule has 7 heteroatoms. The number of rotatable bonds is 7. The van der Waals surface area contributed by atoms with Crippen molar-refractivity contribution < 1.29 is 14.5 Å². The molecule has 0 saturated carbocycles. The summed E-state index contributed by atoms with van der Waals surface area (Å²) in [5.41, 5.74) is -0.0414. The highest BCUT2D eigenvalue weighted by atomic mass is 16.6. The van der Waals surface area contributed by atoms with Gasteiger partial charge < -0.3 is 15.0 Å². The number of nitrogens with one attached hydrogen (secondary N) is 1. The molecule has 126 valence electrons. The van der Waals surface area contributed by atoms with Crippen molar-refractivity contribution in [3.63, 3.8) is 0 Å². The molecule has 1 N–H and O–H groups in total. The van der Waals surface area contributed by atoms with Crippen molar-refractivity contribution in [2.24, 2.45) is 5.92 Å². The minimum Gasteiger partial charge on any atom is -0.484 e. The van der Waals surface area contributed by atoms with E-state index in [-0.39, 0.29) is 18.2 Å². The molecule has 1 fully saturated rings. The minimum absolute atomic E-state index is 0.0414. The average Bonchev–Trinajstić information content (AvgIpc) is 2.58. The smallest absolute Gasteiger partial charge is 0.273 e. The minimum atomic E-state index is -0.482. The highest BCUT2D eigenvalue weighted by Gasteiger charge is 2.22. The first kappa shape index (κ1) is 17.2. The summed E-state index contributed by atoms with van der Waals surface area (Å²) in [6.07, 6.45) is 3.18. The second-order valence-corrected chi connectivity index (χ2v) is 5.76. The van der Waals surface area contributed by atoms with Crippen molar-refractivity contribution in [3.05, 3.63) is 34.4 Å². The van der Waals surface area contributed by atoms with Crippen LogP contribution in [0.2, 0.25) is 0 Å². The molecule has 2 rings (SSSR count). The van der Waals surface area contributed by atoms with E-state index in [1.807, 2.05) is 11.9 Å². The number of carbonyl (C=O) groups excluding carboxylic acids is 1. The van der Waals surface area contributed by atoms with Gasteiger partial charge >= 0.3 is 0 Å². The number of hydrogen-bond acceptors (Lipinski definition) is 5. The number of likely N-dealkylation sites (tertiary alicyclic amines) is 1. The van der Waals surface area contributed by atoms with E-state index in [0.717, 1.165) is 38.9 Å². The number of nitrogens with zero attached hydrogens (tertiary/aromatic N) is 2. The van der Waals surface area contributed by atoms with Crippen LogP contribution in [0.1, 0.15) is 19.3 Å². The van der Waals surface area contributed by atoms with E-state index in [4.69, 9.17) is 4.74 Å². The quantitative estimate of drug-likeness (QED) is 0.611. The van der Waals surface area contributed by atoms with Crippen LogP contribution in [0.4, 0.5) is 5.69 Å². The van der Waals surface area contributed by atoms with Crippen LogP contribution in [-0.4, -0.2) is 49.0 Å². The molecule has 1 aliphatic heterocycles. The number of non-ortho nitro benzene ring substituents is 1. The van der Waals surface area contributed by atoms with Gasteiger partial charge in [-0.15, -0.1) is 0 Å². The number of ether oxygens (including phenoxy) is 1. The molecule has 0 aromatic heterocycles. The maximum atomic E-state index is 12.2. The Morgan fingerprint density at radius 3 is 2.83 bits per heavy atom. The van der Waals surface area contributed by atoms with E-state index in [2.05, 4.69) is 5.32 Å². The molecule has 0 spiro atoms. The second kappa shape index (κ2) is 8.47. The van der Waals surface area contributed by atoms with Crippen molar-refractivity contribution >= 4 is 11.6 Å². The van der Waals surface area contributed by atoms with E-state index < -0.39 is 4.92 Å². The third-order valence-corrected chi connectivity index (χ3v) is 4.16. The lowest BCUT2D eigenvalue weighted by atomic mass is 9.93. The third-order valence-electron chi connectivity index (χ3n) is 4.16. The number of hydrogen-bond donors (Lipinski definition) is 1. The monoisotopic (exact) mass is 321 g/mol. The molecule has 0 radical (unpaired) electrons. The van der Waals surface area contributed by atoms with Crippen molar-refractivity contribution in [2.75, 3.05) is 33.3 Å². The predicted molar refractivity (Wildman–Crippen MR) is 86.4 cm³/mol. The van der Waals surface area contributed by atoms with Crippen LogP contribution >= 0.6 is 0 Å². The number of carbonyl (C=O) groups is 1. The van der Waals surface area contributed by atoms with Gasteiger partial charge in [-0.3, -0.25) is 14.9 Å². The fourth-order valence-electron chi connectivity index (χ4n) is 2.74. The highest BCUT2D eigenvalue weighted by molar-refractivity contribution is 5.77. The second-order valence-electron chi connectivity index (χ2n) is 5.76. The summed E-state index contributed by atoms with van der Waals surface area (Å²) in [4.78, 5) is 24.2. The Morgan fingerprint density at radius 2 is 2.17 bits per heavy atom. The Hall–Kier alpha value is -2.15. The molecule has 1 aromatic carbocycles. The van der Waals surface area contributed by atoms with E-state index in [1.165, 1.54) is 12.1 Å². The zero-order chi connectivity index (χ0) is 16.7. The summed E-state index contributed by atoms with van der Waals surface area (Å²) in [6.45, 7) is 2.44. The van der Waals surface area contributed by atoms with Gasteiger partial charge in [-0.25, -0.2) is 0 Å². The molecule has 0 bridgehead atoms. The van der Waals surface area contributed by atoms with E-state index in [1.54, 1.807) is 12.1 Å². The number of nitro groups is 1. The average molecular weight is 321 g/mol. The Bertz CT molecular complexity index is 542. The van der Waals surface area contributed by atoms with Gasteiger partial charge in [-0.2, -0.15) is 0 Å². The zero-order valence-corrected chi connectivity index (χ0v) is 13.4. The molecule has 1 aliphatic rings. The van der Waals surface area contributed by atoms with Gasteiger partial charge in [-0.05, 0) is 44.8 Å². The molecule has 0 unspecified atom stereocenters. The molecule has 7 nitrogen and oxygen atoms in total. The van der Waals surface area contributed by atoms with E-state index >= 15 is 0 Å². The standard InChI is InChI=1S/C16H23N3O4/c1-17-8-5-13-6-9-18(10-7-13)16(20)12-23-15-4-2-3-14(11-15)19(21)22/h2-4,11,13,17H,5-10,12H2,1H3. The molecule has 1 aromatic rings. The van der Waals surface area contributed by atoms with Crippen LogP contribution in [0.3, 0.4) is 0 Å². The topological polar surface area (TPSA) is 84.7 Å². The van der Waals surface area contributed by atoms with Gasteiger partial charge in [0.2, 0.25) is 0 Å². The largest absolute Gasteiger partial charge is 0.484 e. The fourth-order valence-corrected chi connectivity index (χ4v) is 2.74. The molecular weight excluding hydrogens is 298 g/mol. The van der Waals surface area contributed by atoms with Crippen molar-refractivity contribution in [1.82, 2.24) is 10.2 Å². The normalized spacial score (nSPS) is 15.4. The summed E-state index contributed by atoms with van der Waals surface area (Å²) >= 11 is 0. The number of nitro benzene ring substituents is 1. The molecule has 0 atom stereocenters. The van der Waals surface area contributed by atoms with Crippen LogP contribution in [-0.2, 0) is 4.79 Å². The number of benzene rings is 1. The van der Waals surface area contributed by atoms with E-state index in [0.29, 0.717) is 11.7 Å². The SMILES string of the molecule is CNCCC1CCN(C(=O)COc2cccc([N+](=O)[O-])c2)CC1. The maximum absolute atomic E-state index is 12.2. The maximum Gasteiger partial charge on any atom is 0.273 e. The van der Waals surface area contributed by atoms with Crippen molar-refractivity contribution in [1.29, 1.82) is 0 Å². The van der Waals surface area contributed by atoms with Crippen LogP contribution in [0.25, 0.3) is 0 Å². The fraction of sp³-hybridized carbons (Fsp3) is 0.562. The first-order valence-electron chi connectivity index (χ1n) is 7.89. The summed E-state index contributed by atoms with van der Waals surface area (Å²) in [5, 5.41) is 13.9. The molecule has 1 amide bonds. The Labute approximate surface area is 135 Å². The van der Waals surface area contributed by atoms with Crippen LogP contribution < -0.4 is 10.1 Å². The summed E-state index contributed by atoms with van der Waals surface area (Å²) in [7, 11) is 1.95. The summed E-state index contributed by atoms with van der Waals surface area (Å²) in [6, 6.07) is 5.89. The lowest BCUT2D eigenvalue weighted by molar-refractivity contribution is -0.384. The Morgan fingerprint density at radius 1 is 1.43 bits per heavy atom. The van der Waals surface area contributed by atoms with Crippen LogP contribution in [0.5, 0.6) is 5.75 Å². The van der Waals surface area contributed by atoms with Gasteiger partial charge in [0.05, 0.1) is 11.0 Å². The number of amides is 1. The van der Waals surface area contributed by atoms with Gasteiger partial charge in [0.25, 0.3) is 11.6 Å². The Kier molecular flexibility index (Phi) is 6.34. The van der Waals surface area contributed by atoms with E-state index in [9.17, 15) is 14.9 Å². The molecule has 0 aliphatic carbocycles. The molecule has 1 saturated heterocycles. The highest BCUT2D eigenvalue weighted by Crippen LogP contribution is 2.21. The molecular formula is C16H23N3O4. The summed E-state index contributed by atoms with van der Waals surface area (Å²) < 4.78 is 5.40. The number of piperidine rings is 1. The van der Waals surface area contributed by atoms with Gasteiger partial charge in [-0.1, -0.05) is 6.07 Å². The Balaban J connectivity index is 1.77. The lowest BCUT2D eigenvalue weighted by Crippen LogP contribution is -2.41. The molecule has 23 heavy (non-hydrogen) atoms. The van der Waals surface area contributed by atoms with Gasteiger partial charge in [0, 0.05) is 19.2 Å². The third kappa shape index (κ3) is 5.21. The van der Waals surface area contributed by atoms with Crippen LogP contribution in [0.15, 0.2) is 24.3 Å². The zero-order valence-electron chi connectivity index (χ0n) is 13.4. The summed E-state index contributed by atoms with van der Waals surface area (Å²) in [5.74, 6) is 0.948. The first-order chi connectivity index (χ1) is 11.1. The lowest BCUT2D eigenvalue weighted by Gasteiger charge is -2.32. The molecule has 1 heterocycles. The van der Waals surface area contributed by atoms with Crippen LogP contribution in [0, 0.1) is 16.0 Å². The first-order valence-corrected chi connectivity index (χ1v) is 7.89. The van der Waals surface area contributed by atoms with Crippen molar-refractivity contribution in [3.8, 4) is 5.75 Å². The van der Waals surface area contributed by atoms with Gasteiger partial charge in [0.15, 0.2) is 6.61 Å². The van der Waals surface area contributed by atoms with Crippen molar-refractivity contribution in [2.45, 2.75) is 19.3 Å².